The molecule has 0 unspecified atom stereocenters. The number of hydrogen-bond acceptors (Lipinski definition) is 3. The first-order valence-electron chi connectivity index (χ1n) is 8.66. The van der Waals surface area contributed by atoms with Crippen molar-refractivity contribution >= 4 is 22.3 Å². The van der Waals surface area contributed by atoms with E-state index < -0.39 is 0 Å². The lowest BCUT2D eigenvalue weighted by atomic mass is 10.1. The molecule has 0 radical (unpaired) electrons. The minimum Gasteiger partial charge on any atom is -0.363 e. The molecule has 1 aromatic heterocycles. The second-order valence-electron chi connectivity index (χ2n) is 6.37. The lowest BCUT2D eigenvalue weighted by Gasteiger charge is -2.33. The van der Waals surface area contributed by atoms with Crippen LogP contribution in [0, 0.1) is 12.7 Å². The van der Waals surface area contributed by atoms with Gasteiger partial charge in [-0.05, 0) is 54.5 Å². The molecule has 2 N–H and O–H groups in total. The highest BCUT2D eigenvalue weighted by atomic mass is 32.1. The van der Waals surface area contributed by atoms with Crippen LogP contribution in [0.2, 0.25) is 0 Å². The summed E-state index contributed by atoms with van der Waals surface area (Å²) >= 11 is 1.80. The third kappa shape index (κ3) is 4.72. The van der Waals surface area contributed by atoms with Crippen molar-refractivity contribution in [3.05, 3.63) is 52.7 Å². The Morgan fingerprint density at radius 2 is 2.12 bits per heavy atom. The molecule has 3 rings (SSSR count). The van der Waals surface area contributed by atoms with Crippen LogP contribution in [0.3, 0.4) is 0 Å². The molecule has 0 amide bonds. The zero-order chi connectivity index (χ0) is 17.6. The molecule has 1 saturated heterocycles. The van der Waals surface area contributed by atoms with Gasteiger partial charge in [0.25, 0.3) is 0 Å². The van der Waals surface area contributed by atoms with Crippen LogP contribution >= 0.6 is 11.3 Å². The quantitative estimate of drug-likeness (QED) is 0.647. The number of nitrogens with one attached hydrogen (secondary N) is 2. The van der Waals surface area contributed by atoms with Crippen molar-refractivity contribution < 1.29 is 4.39 Å². The summed E-state index contributed by atoms with van der Waals surface area (Å²) in [6.07, 6.45) is 2.16. The number of piperidine rings is 1. The van der Waals surface area contributed by atoms with Crippen molar-refractivity contribution in [2.75, 3.05) is 25.0 Å². The van der Waals surface area contributed by atoms with E-state index in [1.54, 1.807) is 31.4 Å². The average molecular weight is 361 g/mol. The molecular formula is C19H25FN4S. The summed E-state index contributed by atoms with van der Waals surface area (Å²) in [5.41, 5.74) is 1.59. The number of aliphatic imine (C=N–C) groups is 1. The van der Waals surface area contributed by atoms with Gasteiger partial charge in [0.05, 0.1) is 5.00 Å². The lowest BCUT2D eigenvalue weighted by molar-refractivity contribution is 0.462. The van der Waals surface area contributed by atoms with Crippen LogP contribution in [-0.2, 0) is 6.54 Å². The average Bonchev–Trinajstić information content (AvgIpc) is 3.16. The third-order valence-corrected chi connectivity index (χ3v) is 5.50. The molecule has 2 heterocycles. The van der Waals surface area contributed by atoms with E-state index in [0.717, 1.165) is 37.5 Å². The zero-order valence-corrected chi connectivity index (χ0v) is 15.6. The van der Waals surface area contributed by atoms with E-state index in [-0.39, 0.29) is 5.82 Å². The topological polar surface area (TPSA) is 39.7 Å². The highest BCUT2D eigenvalue weighted by molar-refractivity contribution is 7.14. The van der Waals surface area contributed by atoms with Crippen LogP contribution in [0.1, 0.15) is 24.0 Å². The van der Waals surface area contributed by atoms with Gasteiger partial charge in [-0.1, -0.05) is 12.1 Å². The molecule has 4 nitrogen and oxygen atoms in total. The van der Waals surface area contributed by atoms with Crippen LogP contribution in [0.4, 0.5) is 9.39 Å². The maximum atomic E-state index is 13.6. The molecule has 0 bridgehead atoms. The summed E-state index contributed by atoms with van der Waals surface area (Å²) in [5.74, 6) is 0.610. The van der Waals surface area contributed by atoms with Crippen molar-refractivity contribution in [3.63, 3.8) is 0 Å². The van der Waals surface area contributed by atoms with Gasteiger partial charge in [0, 0.05) is 32.7 Å². The molecule has 1 fully saturated rings. The molecule has 2 aromatic rings. The number of benzene rings is 1. The molecule has 0 aliphatic carbocycles. The minimum absolute atomic E-state index is 0.164. The van der Waals surface area contributed by atoms with Gasteiger partial charge in [0.2, 0.25) is 0 Å². The number of guanidine groups is 1. The maximum Gasteiger partial charge on any atom is 0.191 e. The standard InChI is InChI=1S/C19H25FN4S/c1-14-5-6-15(12-17(14)20)13-22-19(21-2)23-16-7-9-24(10-8-16)18-4-3-11-25-18/h3-6,11-12,16H,7-10,13H2,1-2H3,(H2,21,22,23). The summed E-state index contributed by atoms with van der Waals surface area (Å²) in [5, 5.41) is 10.2. The van der Waals surface area contributed by atoms with Crippen LogP contribution < -0.4 is 15.5 Å². The summed E-state index contributed by atoms with van der Waals surface area (Å²) < 4.78 is 13.6. The number of aryl methyl sites for hydroxylation is 1. The summed E-state index contributed by atoms with van der Waals surface area (Å²) in [7, 11) is 1.77. The number of halogens is 1. The number of rotatable bonds is 4. The Morgan fingerprint density at radius 1 is 1.32 bits per heavy atom. The number of thiophene rings is 1. The highest BCUT2D eigenvalue weighted by Gasteiger charge is 2.20. The van der Waals surface area contributed by atoms with Gasteiger partial charge >= 0.3 is 0 Å². The molecule has 25 heavy (non-hydrogen) atoms. The molecule has 0 atom stereocenters. The number of nitrogens with zero attached hydrogens (tertiary/aromatic N) is 2. The van der Waals surface area contributed by atoms with Crippen LogP contribution in [0.15, 0.2) is 40.7 Å². The lowest BCUT2D eigenvalue weighted by Crippen LogP contribution is -2.48. The fraction of sp³-hybridized carbons (Fsp3) is 0.421. The van der Waals surface area contributed by atoms with Crippen molar-refractivity contribution in [1.29, 1.82) is 0 Å². The van der Waals surface area contributed by atoms with Gasteiger partial charge in [0.1, 0.15) is 5.82 Å². The van der Waals surface area contributed by atoms with Crippen molar-refractivity contribution in [2.24, 2.45) is 4.99 Å². The fourth-order valence-electron chi connectivity index (χ4n) is 3.01. The van der Waals surface area contributed by atoms with Gasteiger partial charge in [-0.15, -0.1) is 11.3 Å². The summed E-state index contributed by atoms with van der Waals surface area (Å²) in [6, 6.07) is 10.0. The zero-order valence-electron chi connectivity index (χ0n) is 14.8. The normalized spacial score (nSPS) is 16.1. The van der Waals surface area contributed by atoms with E-state index in [1.807, 2.05) is 12.1 Å². The SMILES string of the molecule is CN=C(NCc1ccc(C)c(F)c1)NC1CCN(c2cccs2)CC1. The molecular weight excluding hydrogens is 335 g/mol. The predicted molar refractivity (Wildman–Crippen MR) is 104 cm³/mol. The third-order valence-electron chi connectivity index (χ3n) is 4.57. The van der Waals surface area contributed by atoms with E-state index in [4.69, 9.17) is 0 Å². The monoisotopic (exact) mass is 360 g/mol. The Hall–Kier alpha value is -2.08. The Morgan fingerprint density at radius 3 is 2.76 bits per heavy atom. The molecule has 0 spiro atoms. The molecule has 1 aliphatic rings. The largest absolute Gasteiger partial charge is 0.363 e. The van der Waals surface area contributed by atoms with Gasteiger partial charge < -0.3 is 15.5 Å². The Balaban J connectivity index is 1.47. The van der Waals surface area contributed by atoms with Crippen LogP contribution in [0.5, 0.6) is 0 Å². The Labute approximate surface area is 152 Å². The molecule has 0 saturated carbocycles. The maximum absolute atomic E-state index is 13.6. The first-order chi connectivity index (χ1) is 12.2. The Bertz CT molecular complexity index is 706. The van der Waals surface area contributed by atoms with E-state index in [1.165, 1.54) is 5.00 Å². The van der Waals surface area contributed by atoms with Gasteiger partial charge in [0.15, 0.2) is 5.96 Å². The highest BCUT2D eigenvalue weighted by Crippen LogP contribution is 2.24. The number of hydrogen-bond donors (Lipinski definition) is 2. The van der Waals surface area contributed by atoms with E-state index >= 15 is 0 Å². The van der Waals surface area contributed by atoms with Crippen LogP contribution in [-0.4, -0.2) is 32.1 Å². The molecule has 6 heteroatoms. The smallest absolute Gasteiger partial charge is 0.191 e. The summed E-state index contributed by atoms with van der Waals surface area (Å²) in [6.45, 7) is 4.44. The second kappa shape index (κ2) is 8.34. The fourth-order valence-corrected chi connectivity index (χ4v) is 3.80. The van der Waals surface area contributed by atoms with Crippen molar-refractivity contribution in [2.45, 2.75) is 32.4 Å². The van der Waals surface area contributed by atoms with Crippen molar-refractivity contribution in [3.8, 4) is 0 Å². The van der Waals surface area contributed by atoms with E-state index in [0.29, 0.717) is 18.2 Å². The van der Waals surface area contributed by atoms with Crippen molar-refractivity contribution in [1.82, 2.24) is 10.6 Å². The first-order valence-corrected chi connectivity index (χ1v) is 9.54. The first kappa shape index (κ1) is 17.7. The van der Waals surface area contributed by atoms with Gasteiger partial charge in [-0.25, -0.2) is 4.39 Å². The van der Waals surface area contributed by atoms with E-state index in [9.17, 15) is 4.39 Å². The summed E-state index contributed by atoms with van der Waals surface area (Å²) in [4.78, 5) is 6.73. The molecule has 134 valence electrons. The minimum atomic E-state index is -0.164. The second-order valence-corrected chi connectivity index (χ2v) is 7.29. The Kier molecular flexibility index (Phi) is 5.91. The van der Waals surface area contributed by atoms with Gasteiger partial charge in [-0.3, -0.25) is 4.99 Å². The predicted octanol–water partition coefficient (Wildman–Crippen LogP) is 3.53. The molecule has 1 aliphatic heterocycles. The van der Waals surface area contributed by atoms with Gasteiger partial charge in [-0.2, -0.15) is 0 Å². The van der Waals surface area contributed by atoms with Crippen LogP contribution in [0.25, 0.3) is 0 Å². The molecule has 1 aromatic carbocycles. The number of anilines is 1. The van der Waals surface area contributed by atoms with E-state index in [2.05, 4.69) is 38.0 Å².